The average Bonchev–Trinajstić information content (AvgIpc) is 2.50. The number of nitrogens with two attached hydrogens (primary N) is 1. The van der Waals surface area contributed by atoms with Gasteiger partial charge in [0, 0.05) is 19.0 Å². The van der Waals surface area contributed by atoms with E-state index in [1.165, 1.54) is 0 Å². The fourth-order valence-corrected chi connectivity index (χ4v) is 1.25. The Morgan fingerprint density at radius 3 is 2.91 bits per heavy atom. The molecule has 1 aliphatic heterocycles. The lowest BCUT2D eigenvalue weighted by molar-refractivity contribution is -0.128. The number of hydrogen-bond acceptors (Lipinski definition) is 3. The zero-order chi connectivity index (χ0) is 8.27. The first-order valence-electron chi connectivity index (χ1n) is 3.71. The molecule has 0 radical (unpaired) electrons. The predicted octanol–water partition coefficient (Wildman–Crippen LogP) is -1.01. The van der Waals surface area contributed by atoms with E-state index in [-0.39, 0.29) is 18.4 Å². The lowest BCUT2D eigenvalue weighted by Crippen LogP contribution is -2.34. The lowest BCUT2D eigenvalue weighted by atomic mass is 10.1. The van der Waals surface area contributed by atoms with Gasteiger partial charge in [-0.3, -0.25) is 4.79 Å². The predicted molar refractivity (Wildman–Crippen MR) is 39.8 cm³/mol. The molecule has 0 aromatic rings. The highest BCUT2D eigenvalue weighted by Crippen LogP contribution is 2.12. The quantitative estimate of drug-likeness (QED) is 0.521. The van der Waals surface area contributed by atoms with Gasteiger partial charge < -0.3 is 15.4 Å². The zero-order valence-electron chi connectivity index (χ0n) is 6.32. The van der Waals surface area contributed by atoms with Crippen molar-refractivity contribution in [1.82, 2.24) is 4.90 Å². The summed E-state index contributed by atoms with van der Waals surface area (Å²) in [5.74, 6) is -0.0279. The number of amides is 1. The number of hydrogen-bond donors (Lipinski definition) is 1. The van der Waals surface area contributed by atoms with Crippen LogP contribution in [0, 0.1) is 5.92 Å². The van der Waals surface area contributed by atoms with Crippen LogP contribution >= 0.6 is 0 Å². The SMILES string of the molecule is NCC(=O)N1CCC(C=O)C1. The van der Waals surface area contributed by atoms with E-state index in [0.29, 0.717) is 13.1 Å². The molecule has 0 spiro atoms. The van der Waals surface area contributed by atoms with Crippen LogP contribution in [-0.2, 0) is 9.59 Å². The summed E-state index contributed by atoms with van der Waals surface area (Å²) in [4.78, 5) is 22.9. The van der Waals surface area contributed by atoms with Crippen molar-refractivity contribution in [3.8, 4) is 0 Å². The molecule has 0 aromatic carbocycles. The minimum Gasteiger partial charge on any atom is -0.341 e. The number of carbonyl (C=O) groups is 2. The van der Waals surface area contributed by atoms with E-state index in [1.807, 2.05) is 0 Å². The van der Waals surface area contributed by atoms with Crippen molar-refractivity contribution >= 4 is 12.2 Å². The second-order valence-corrected chi connectivity index (χ2v) is 2.73. The molecular weight excluding hydrogens is 144 g/mol. The summed E-state index contributed by atoms with van der Waals surface area (Å²) in [6, 6.07) is 0. The molecule has 1 heterocycles. The van der Waals surface area contributed by atoms with Crippen LogP contribution in [0.4, 0.5) is 0 Å². The molecule has 1 saturated heterocycles. The molecule has 0 saturated carbocycles. The van der Waals surface area contributed by atoms with Gasteiger partial charge in [-0.2, -0.15) is 0 Å². The Morgan fingerprint density at radius 1 is 1.73 bits per heavy atom. The van der Waals surface area contributed by atoms with Crippen LogP contribution in [0.15, 0.2) is 0 Å². The Morgan fingerprint density at radius 2 is 2.45 bits per heavy atom. The molecule has 1 rings (SSSR count). The van der Waals surface area contributed by atoms with Crippen LogP contribution < -0.4 is 5.73 Å². The van der Waals surface area contributed by atoms with Crippen LogP contribution in [0.2, 0.25) is 0 Å². The highest BCUT2D eigenvalue weighted by molar-refractivity contribution is 5.78. The Hall–Kier alpha value is -0.900. The second-order valence-electron chi connectivity index (χ2n) is 2.73. The summed E-state index contributed by atoms with van der Waals surface area (Å²) in [7, 11) is 0. The second kappa shape index (κ2) is 3.48. The van der Waals surface area contributed by atoms with Crippen molar-refractivity contribution in [1.29, 1.82) is 0 Å². The first-order chi connectivity index (χ1) is 5.27. The van der Waals surface area contributed by atoms with Gasteiger partial charge in [0.1, 0.15) is 6.29 Å². The van der Waals surface area contributed by atoms with Crippen molar-refractivity contribution in [3.63, 3.8) is 0 Å². The first-order valence-corrected chi connectivity index (χ1v) is 3.71. The van der Waals surface area contributed by atoms with Crippen molar-refractivity contribution in [3.05, 3.63) is 0 Å². The molecule has 2 N–H and O–H groups in total. The highest BCUT2D eigenvalue weighted by atomic mass is 16.2. The average molecular weight is 156 g/mol. The van der Waals surface area contributed by atoms with E-state index in [0.717, 1.165) is 12.7 Å². The van der Waals surface area contributed by atoms with Crippen molar-refractivity contribution in [2.24, 2.45) is 11.7 Å². The molecule has 11 heavy (non-hydrogen) atoms. The Bertz CT molecular complexity index is 170. The summed E-state index contributed by atoms with van der Waals surface area (Å²) in [5, 5.41) is 0. The Balaban J connectivity index is 2.41. The van der Waals surface area contributed by atoms with Crippen LogP contribution in [0.3, 0.4) is 0 Å². The van der Waals surface area contributed by atoms with Gasteiger partial charge in [-0.25, -0.2) is 0 Å². The molecule has 1 atom stereocenters. The van der Waals surface area contributed by atoms with Gasteiger partial charge in [0.25, 0.3) is 0 Å². The van der Waals surface area contributed by atoms with E-state index >= 15 is 0 Å². The number of nitrogens with zero attached hydrogens (tertiary/aromatic N) is 1. The molecule has 1 fully saturated rings. The fourth-order valence-electron chi connectivity index (χ4n) is 1.25. The summed E-state index contributed by atoms with van der Waals surface area (Å²) in [6.45, 7) is 1.28. The molecule has 1 amide bonds. The summed E-state index contributed by atoms with van der Waals surface area (Å²) in [6.07, 6.45) is 1.69. The Kier molecular flexibility index (Phi) is 2.59. The van der Waals surface area contributed by atoms with Gasteiger partial charge in [-0.1, -0.05) is 0 Å². The number of rotatable bonds is 2. The lowest BCUT2D eigenvalue weighted by Gasteiger charge is -2.13. The van der Waals surface area contributed by atoms with Gasteiger partial charge in [-0.15, -0.1) is 0 Å². The molecule has 0 aliphatic carbocycles. The third kappa shape index (κ3) is 1.77. The summed E-state index contributed by atoms with van der Waals surface area (Å²) >= 11 is 0. The van der Waals surface area contributed by atoms with E-state index in [2.05, 4.69) is 0 Å². The molecule has 4 heteroatoms. The van der Waals surface area contributed by atoms with Gasteiger partial charge >= 0.3 is 0 Å². The monoisotopic (exact) mass is 156 g/mol. The first kappa shape index (κ1) is 8.20. The molecule has 0 aromatic heterocycles. The van der Waals surface area contributed by atoms with Gasteiger partial charge in [0.2, 0.25) is 5.91 Å². The van der Waals surface area contributed by atoms with Gasteiger partial charge in [0.15, 0.2) is 0 Å². The van der Waals surface area contributed by atoms with Crippen LogP contribution in [0.5, 0.6) is 0 Å². The zero-order valence-corrected chi connectivity index (χ0v) is 6.32. The van der Waals surface area contributed by atoms with Crippen molar-refractivity contribution in [2.75, 3.05) is 19.6 Å². The standard InChI is InChI=1S/C7H12N2O2/c8-3-7(11)9-2-1-6(4-9)5-10/h5-6H,1-4,8H2. The minimum atomic E-state index is -0.0608. The third-order valence-electron chi connectivity index (χ3n) is 1.94. The van der Waals surface area contributed by atoms with Crippen LogP contribution in [0.1, 0.15) is 6.42 Å². The normalized spacial score (nSPS) is 23.7. The maximum atomic E-state index is 11.0. The third-order valence-corrected chi connectivity index (χ3v) is 1.94. The van der Waals surface area contributed by atoms with Crippen molar-refractivity contribution < 1.29 is 9.59 Å². The van der Waals surface area contributed by atoms with E-state index in [9.17, 15) is 9.59 Å². The molecular formula is C7H12N2O2. The van der Waals surface area contributed by atoms with E-state index < -0.39 is 0 Å². The Labute approximate surface area is 65.3 Å². The van der Waals surface area contributed by atoms with Crippen LogP contribution in [0.25, 0.3) is 0 Å². The largest absolute Gasteiger partial charge is 0.341 e. The van der Waals surface area contributed by atoms with Crippen LogP contribution in [-0.4, -0.2) is 36.7 Å². The van der Waals surface area contributed by atoms with E-state index in [4.69, 9.17) is 5.73 Å². The molecule has 0 bridgehead atoms. The van der Waals surface area contributed by atoms with Gasteiger partial charge in [0.05, 0.1) is 6.54 Å². The summed E-state index contributed by atoms with van der Waals surface area (Å²) in [5.41, 5.74) is 5.16. The molecule has 62 valence electrons. The molecule has 4 nitrogen and oxygen atoms in total. The maximum Gasteiger partial charge on any atom is 0.236 e. The maximum absolute atomic E-state index is 11.0. The highest BCUT2D eigenvalue weighted by Gasteiger charge is 2.24. The smallest absolute Gasteiger partial charge is 0.236 e. The van der Waals surface area contributed by atoms with Gasteiger partial charge in [-0.05, 0) is 6.42 Å². The molecule has 1 unspecified atom stereocenters. The minimum absolute atomic E-state index is 0.0329. The van der Waals surface area contributed by atoms with Crippen molar-refractivity contribution in [2.45, 2.75) is 6.42 Å². The number of likely N-dealkylation sites (tertiary alicyclic amines) is 1. The fraction of sp³-hybridized carbons (Fsp3) is 0.714. The molecule has 1 aliphatic rings. The topological polar surface area (TPSA) is 63.4 Å². The van der Waals surface area contributed by atoms with E-state index in [1.54, 1.807) is 4.90 Å². The summed E-state index contributed by atoms with van der Waals surface area (Å²) < 4.78 is 0. The number of aldehydes is 1. The number of carbonyl (C=O) groups excluding carboxylic acids is 2.